The second-order valence-corrected chi connectivity index (χ2v) is 6.60. The van der Waals surface area contributed by atoms with Gasteiger partial charge in [-0.05, 0) is 39.8 Å². The second-order valence-electron chi connectivity index (χ2n) is 5.50. The van der Waals surface area contributed by atoms with Crippen molar-refractivity contribution in [3.05, 3.63) is 30.3 Å². The Bertz CT molecular complexity index is 396. The van der Waals surface area contributed by atoms with Crippen LogP contribution in [0.2, 0.25) is 0 Å². The van der Waals surface area contributed by atoms with Gasteiger partial charge in [0.2, 0.25) is 0 Å². The number of carbonyl (C=O) groups is 1. The molecule has 19 heavy (non-hydrogen) atoms. The molecule has 1 aromatic carbocycles. The van der Waals surface area contributed by atoms with Crippen LogP contribution in [-0.4, -0.2) is 28.5 Å². The van der Waals surface area contributed by atoms with Gasteiger partial charge < -0.3 is 9.84 Å². The number of hydrogen-bond donors (Lipinski definition) is 1. The Morgan fingerprint density at radius 3 is 2.37 bits per heavy atom. The van der Waals surface area contributed by atoms with Gasteiger partial charge in [-0.1, -0.05) is 18.2 Å². The lowest BCUT2D eigenvalue weighted by molar-refractivity contribution is -0.162. The molecular weight excluding hydrogens is 260 g/mol. The lowest BCUT2D eigenvalue weighted by Gasteiger charge is -2.25. The zero-order valence-corrected chi connectivity index (χ0v) is 12.7. The molecule has 1 rings (SSSR count). The van der Waals surface area contributed by atoms with Gasteiger partial charge in [-0.25, -0.2) is 0 Å². The number of carbonyl (C=O) groups excluding carboxylic acids is 1. The minimum Gasteiger partial charge on any atom is -0.460 e. The van der Waals surface area contributed by atoms with E-state index in [0.717, 1.165) is 4.90 Å². The Kier molecular flexibility index (Phi) is 5.88. The van der Waals surface area contributed by atoms with Gasteiger partial charge in [-0.15, -0.1) is 11.8 Å². The number of benzene rings is 1. The SMILES string of the molecule is CC(O)C(CSc1ccccc1)C(=O)OC(C)(C)C. The Hall–Kier alpha value is -1.00. The van der Waals surface area contributed by atoms with Crippen LogP contribution in [0.4, 0.5) is 0 Å². The van der Waals surface area contributed by atoms with Crippen molar-refractivity contribution in [1.82, 2.24) is 0 Å². The molecule has 0 spiro atoms. The summed E-state index contributed by atoms with van der Waals surface area (Å²) in [4.78, 5) is 13.1. The number of rotatable bonds is 5. The predicted octanol–water partition coefficient (Wildman–Crippen LogP) is 3.12. The molecule has 0 fully saturated rings. The van der Waals surface area contributed by atoms with Crippen LogP contribution >= 0.6 is 11.8 Å². The highest BCUT2D eigenvalue weighted by atomic mass is 32.2. The zero-order valence-electron chi connectivity index (χ0n) is 11.9. The molecule has 0 aliphatic rings. The molecule has 1 N–H and O–H groups in total. The molecule has 0 aromatic heterocycles. The van der Waals surface area contributed by atoms with Crippen molar-refractivity contribution in [2.45, 2.75) is 44.3 Å². The van der Waals surface area contributed by atoms with Crippen LogP contribution in [-0.2, 0) is 9.53 Å². The molecule has 0 heterocycles. The van der Waals surface area contributed by atoms with Crippen LogP contribution in [0.25, 0.3) is 0 Å². The Morgan fingerprint density at radius 1 is 1.32 bits per heavy atom. The fraction of sp³-hybridized carbons (Fsp3) is 0.533. The molecule has 0 saturated carbocycles. The van der Waals surface area contributed by atoms with Gasteiger partial charge in [0, 0.05) is 10.6 Å². The highest BCUT2D eigenvalue weighted by Gasteiger charge is 2.28. The first-order valence-corrected chi connectivity index (χ1v) is 7.37. The number of aliphatic hydroxyl groups is 1. The van der Waals surface area contributed by atoms with E-state index in [1.165, 1.54) is 0 Å². The standard InChI is InChI=1S/C15H22O3S/c1-11(16)13(14(17)18-15(2,3)4)10-19-12-8-6-5-7-9-12/h5-9,11,13,16H,10H2,1-4H3. The molecule has 0 aliphatic heterocycles. The van der Waals surface area contributed by atoms with Crippen molar-refractivity contribution >= 4 is 17.7 Å². The molecule has 0 aliphatic carbocycles. The second kappa shape index (κ2) is 6.96. The summed E-state index contributed by atoms with van der Waals surface area (Å²) in [6, 6.07) is 9.82. The topological polar surface area (TPSA) is 46.5 Å². The first-order valence-electron chi connectivity index (χ1n) is 6.38. The molecule has 0 bridgehead atoms. The largest absolute Gasteiger partial charge is 0.460 e. The maximum absolute atomic E-state index is 12.0. The lowest BCUT2D eigenvalue weighted by atomic mass is 10.1. The fourth-order valence-corrected chi connectivity index (χ4v) is 2.62. The minimum absolute atomic E-state index is 0.342. The van der Waals surface area contributed by atoms with Crippen LogP contribution in [0, 0.1) is 5.92 Å². The van der Waals surface area contributed by atoms with Crippen molar-refractivity contribution in [3.8, 4) is 0 Å². The Labute approximate surface area is 119 Å². The first-order chi connectivity index (χ1) is 8.79. The van der Waals surface area contributed by atoms with E-state index in [9.17, 15) is 9.90 Å². The highest BCUT2D eigenvalue weighted by Crippen LogP contribution is 2.24. The van der Waals surface area contributed by atoms with Crippen LogP contribution in [0.5, 0.6) is 0 Å². The van der Waals surface area contributed by atoms with Gasteiger partial charge in [0.15, 0.2) is 0 Å². The van der Waals surface area contributed by atoms with Crippen molar-refractivity contribution in [2.75, 3.05) is 5.75 Å². The van der Waals surface area contributed by atoms with Gasteiger partial charge in [-0.3, -0.25) is 4.79 Å². The first kappa shape index (κ1) is 16.1. The van der Waals surface area contributed by atoms with Crippen LogP contribution in [0.1, 0.15) is 27.7 Å². The smallest absolute Gasteiger partial charge is 0.312 e. The number of esters is 1. The third-order valence-electron chi connectivity index (χ3n) is 2.46. The van der Waals surface area contributed by atoms with Gasteiger partial charge in [0.05, 0.1) is 12.0 Å². The average molecular weight is 282 g/mol. The van der Waals surface area contributed by atoms with Gasteiger partial charge in [0.25, 0.3) is 0 Å². The van der Waals surface area contributed by atoms with E-state index in [1.807, 2.05) is 51.1 Å². The van der Waals surface area contributed by atoms with Crippen LogP contribution in [0.3, 0.4) is 0 Å². The fourth-order valence-electron chi connectivity index (χ4n) is 1.48. The van der Waals surface area contributed by atoms with Gasteiger partial charge in [-0.2, -0.15) is 0 Å². The molecule has 0 radical (unpaired) electrons. The molecule has 1 aromatic rings. The quantitative estimate of drug-likeness (QED) is 0.666. The summed E-state index contributed by atoms with van der Waals surface area (Å²) < 4.78 is 5.34. The molecule has 4 heteroatoms. The third-order valence-corrected chi connectivity index (χ3v) is 3.60. The molecule has 0 amide bonds. The number of hydrogen-bond acceptors (Lipinski definition) is 4. The van der Waals surface area contributed by atoms with Crippen molar-refractivity contribution < 1.29 is 14.6 Å². The van der Waals surface area contributed by atoms with E-state index in [1.54, 1.807) is 18.7 Å². The van der Waals surface area contributed by atoms with Gasteiger partial charge >= 0.3 is 5.97 Å². The maximum atomic E-state index is 12.0. The summed E-state index contributed by atoms with van der Waals surface area (Å²) in [5.74, 6) is -0.341. The van der Waals surface area contributed by atoms with E-state index in [-0.39, 0.29) is 5.97 Å². The number of ether oxygens (including phenoxy) is 1. The van der Waals surface area contributed by atoms with E-state index >= 15 is 0 Å². The summed E-state index contributed by atoms with van der Waals surface area (Å²) in [6.45, 7) is 7.11. The van der Waals surface area contributed by atoms with Crippen LogP contribution < -0.4 is 0 Å². The maximum Gasteiger partial charge on any atom is 0.312 e. The molecular formula is C15H22O3S. The Balaban J connectivity index is 2.61. The zero-order chi connectivity index (χ0) is 14.5. The van der Waals surface area contributed by atoms with E-state index in [0.29, 0.717) is 5.75 Å². The molecule has 2 atom stereocenters. The molecule has 106 valence electrons. The van der Waals surface area contributed by atoms with E-state index in [4.69, 9.17) is 4.74 Å². The highest BCUT2D eigenvalue weighted by molar-refractivity contribution is 7.99. The van der Waals surface area contributed by atoms with Gasteiger partial charge in [0.1, 0.15) is 5.60 Å². The predicted molar refractivity (Wildman–Crippen MR) is 78.2 cm³/mol. The lowest BCUT2D eigenvalue weighted by Crippen LogP contribution is -2.35. The molecule has 2 unspecified atom stereocenters. The van der Waals surface area contributed by atoms with E-state index < -0.39 is 17.6 Å². The average Bonchev–Trinajstić information content (AvgIpc) is 2.27. The summed E-state index contributed by atoms with van der Waals surface area (Å²) >= 11 is 1.55. The van der Waals surface area contributed by atoms with Crippen molar-refractivity contribution in [3.63, 3.8) is 0 Å². The Morgan fingerprint density at radius 2 is 1.89 bits per heavy atom. The van der Waals surface area contributed by atoms with E-state index in [2.05, 4.69) is 0 Å². The minimum atomic E-state index is -0.717. The number of aliphatic hydroxyl groups excluding tert-OH is 1. The van der Waals surface area contributed by atoms with Crippen molar-refractivity contribution in [2.24, 2.45) is 5.92 Å². The van der Waals surface area contributed by atoms with Crippen LogP contribution in [0.15, 0.2) is 35.2 Å². The monoisotopic (exact) mass is 282 g/mol. The third kappa shape index (κ3) is 6.12. The summed E-state index contributed by atoms with van der Waals surface area (Å²) in [7, 11) is 0. The summed E-state index contributed by atoms with van der Waals surface area (Å²) in [6.07, 6.45) is -0.717. The summed E-state index contributed by atoms with van der Waals surface area (Å²) in [5, 5.41) is 9.74. The number of thioether (sulfide) groups is 1. The van der Waals surface area contributed by atoms with Crippen molar-refractivity contribution in [1.29, 1.82) is 0 Å². The normalized spacial score (nSPS) is 14.8. The molecule has 3 nitrogen and oxygen atoms in total. The summed E-state index contributed by atoms with van der Waals surface area (Å²) in [5.41, 5.74) is -0.526. The molecule has 0 saturated heterocycles.